The molecule has 5 unspecified atom stereocenters. The third-order valence-electron chi connectivity index (χ3n) is 8.50. The van der Waals surface area contributed by atoms with E-state index in [1.54, 1.807) is 7.11 Å². The number of hydrogen-bond donors (Lipinski definition) is 2. The number of nitrogens with two attached hydrogens (primary N) is 1. The van der Waals surface area contributed by atoms with Gasteiger partial charge in [0.15, 0.2) is 0 Å². The number of phenols is 1. The number of primary amides is 1. The minimum Gasteiger partial charge on any atom is -0.507 e. The van der Waals surface area contributed by atoms with Crippen LogP contribution in [-0.2, 0) is 22.5 Å². The Morgan fingerprint density at radius 2 is 2.17 bits per heavy atom. The molecule has 2 fully saturated rings. The minimum atomic E-state index is -0.214. The van der Waals surface area contributed by atoms with E-state index in [9.17, 15) is 9.90 Å². The van der Waals surface area contributed by atoms with Gasteiger partial charge in [-0.05, 0) is 97.8 Å². The smallest absolute Gasteiger partial charge is 0.217 e. The van der Waals surface area contributed by atoms with Crippen LogP contribution in [0.5, 0.6) is 5.75 Å². The first-order valence-electron chi connectivity index (χ1n) is 11.5. The summed E-state index contributed by atoms with van der Waals surface area (Å²) in [7, 11) is 1.63. The number of nitrogens with zero attached hydrogens (tertiary/aromatic N) is 1. The molecule has 30 heavy (non-hydrogen) atoms. The molecule has 4 rings (SSSR count). The number of carbonyl (C=O) groups is 1. The van der Waals surface area contributed by atoms with Crippen LogP contribution < -0.4 is 5.73 Å². The van der Waals surface area contributed by atoms with Gasteiger partial charge < -0.3 is 15.7 Å². The Bertz CT molecular complexity index is 878. The maximum absolute atomic E-state index is 11.5. The van der Waals surface area contributed by atoms with Crippen LogP contribution in [0.15, 0.2) is 11.2 Å². The van der Waals surface area contributed by atoms with Gasteiger partial charge in [-0.3, -0.25) is 4.79 Å². The Balaban J connectivity index is 1.74. The first kappa shape index (κ1) is 21.2. The van der Waals surface area contributed by atoms with Crippen molar-refractivity contribution in [2.75, 3.05) is 7.11 Å². The van der Waals surface area contributed by atoms with Crippen LogP contribution in [-0.4, -0.2) is 23.8 Å². The summed E-state index contributed by atoms with van der Waals surface area (Å²) >= 11 is 0. The Morgan fingerprint density at radius 3 is 2.83 bits per heavy atom. The number of carbonyl (C=O) groups excluding carboxylic acids is 1. The summed E-state index contributed by atoms with van der Waals surface area (Å²) in [5, 5.41) is 15.1. The second-order valence-electron chi connectivity index (χ2n) is 9.92. The van der Waals surface area contributed by atoms with Gasteiger partial charge in [0.1, 0.15) is 12.9 Å². The van der Waals surface area contributed by atoms with Crippen molar-refractivity contribution in [2.45, 2.75) is 78.1 Å². The normalized spacial score (nSPS) is 33.7. The van der Waals surface area contributed by atoms with Crippen molar-refractivity contribution >= 4 is 11.6 Å². The zero-order valence-corrected chi connectivity index (χ0v) is 18.8. The molecule has 3 aliphatic rings. The number of benzene rings is 1. The highest BCUT2D eigenvalue weighted by Crippen LogP contribution is 2.63. The van der Waals surface area contributed by atoms with E-state index >= 15 is 0 Å². The molecule has 0 aliphatic heterocycles. The van der Waals surface area contributed by atoms with E-state index < -0.39 is 0 Å². The topological polar surface area (TPSA) is 84.9 Å². The molecule has 0 saturated heterocycles. The number of hydrogen-bond acceptors (Lipinski definition) is 4. The van der Waals surface area contributed by atoms with E-state index in [2.05, 4.69) is 25.1 Å². The molecule has 0 heterocycles. The third kappa shape index (κ3) is 3.21. The number of rotatable bonds is 5. The van der Waals surface area contributed by atoms with Crippen molar-refractivity contribution in [3.63, 3.8) is 0 Å². The maximum Gasteiger partial charge on any atom is 0.217 e. The van der Waals surface area contributed by atoms with Gasteiger partial charge in [-0.25, -0.2) is 0 Å². The van der Waals surface area contributed by atoms with E-state index in [0.29, 0.717) is 35.8 Å². The Hall–Kier alpha value is -2.04. The Kier molecular flexibility index (Phi) is 5.58. The molecule has 5 atom stereocenters. The summed E-state index contributed by atoms with van der Waals surface area (Å²) in [6.45, 7) is 6.54. The van der Waals surface area contributed by atoms with Crippen LogP contribution >= 0.6 is 0 Å². The number of phenolic OH excluding ortho intramolecular Hbond substituents is 1. The first-order valence-corrected chi connectivity index (χ1v) is 11.5. The largest absolute Gasteiger partial charge is 0.507 e. The van der Waals surface area contributed by atoms with Gasteiger partial charge in [0.25, 0.3) is 0 Å². The van der Waals surface area contributed by atoms with Crippen LogP contribution in [0.4, 0.5) is 0 Å². The maximum atomic E-state index is 11.5. The lowest BCUT2D eigenvalue weighted by atomic mass is 9.53. The van der Waals surface area contributed by atoms with Gasteiger partial charge in [-0.15, -0.1) is 0 Å². The molecule has 3 aliphatic carbocycles. The van der Waals surface area contributed by atoms with Crippen LogP contribution in [0.2, 0.25) is 0 Å². The molecule has 2 saturated carbocycles. The fraction of sp³-hybridized carbons (Fsp3) is 0.680. The van der Waals surface area contributed by atoms with Gasteiger partial charge in [0.05, 0.1) is 5.71 Å². The number of fused-ring (bicyclic) bond motifs is 5. The van der Waals surface area contributed by atoms with Crippen LogP contribution in [0, 0.1) is 30.1 Å². The molecule has 0 radical (unpaired) electrons. The summed E-state index contributed by atoms with van der Waals surface area (Å²) in [6.07, 6.45) is 7.47. The van der Waals surface area contributed by atoms with Crippen molar-refractivity contribution < 1.29 is 14.7 Å². The lowest BCUT2D eigenvalue weighted by molar-refractivity contribution is -0.118. The Morgan fingerprint density at radius 1 is 1.40 bits per heavy atom. The standard InChI is InChI=1S/C25H36N2O3/c1-5-16-17-7-8-19-18(20(17)12-14(2)24(16)29)10-11-25(3)21(27-30-4)13-15(23(19)25)6-9-22(26)28/h12,15,18-19,23,29H,5-11,13H2,1-4H3,(H2,26,28)/b27-21+. The van der Waals surface area contributed by atoms with E-state index in [1.165, 1.54) is 16.8 Å². The summed E-state index contributed by atoms with van der Waals surface area (Å²) in [5.74, 6) is 2.30. The fourth-order valence-electron chi connectivity index (χ4n) is 7.26. The first-order chi connectivity index (χ1) is 14.3. The van der Waals surface area contributed by atoms with E-state index in [1.807, 2.05) is 6.92 Å². The van der Waals surface area contributed by atoms with Crippen LogP contribution in [0.3, 0.4) is 0 Å². The second kappa shape index (κ2) is 7.90. The zero-order chi connectivity index (χ0) is 21.6. The molecular weight excluding hydrogens is 376 g/mol. The Labute approximate surface area is 180 Å². The van der Waals surface area contributed by atoms with Crippen molar-refractivity contribution in [3.05, 3.63) is 28.3 Å². The third-order valence-corrected chi connectivity index (χ3v) is 8.50. The van der Waals surface area contributed by atoms with Crippen LogP contribution in [0.25, 0.3) is 0 Å². The summed E-state index contributed by atoms with van der Waals surface area (Å²) in [4.78, 5) is 16.8. The highest BCUT2D eigenvalue weighted by molar-refractivity contribution is 5.92. The van der Waals surface area contributed by atoms with Gasteiger partial charge >= 0.3 is 0 Å². The molecular formula is C25H36N2O3. The van der Waals surface area contributed by atoms with Crippen molar-refractivity contribution in [1.29, 1.82) is 0 Å². The number of aromatic hydroxyl groups is 1. The molecule has 164 valence electrons. The average molecular weight is 413 g/mol. The number of oxime groups is 1. The molecule has 0 spiro atoms. The van der Waals surface area contributed by atoms with E-state index in [-0.39, 0.29) is 11.3 Å². The van der Waals surface area contributed by atoms with Crippen molar-refractivity contribution in [1.82, 2.24) is 0 Å². The monoisotopic (exact) mass is 412 g/mol. The molecule has 1 amide bonds. The van der Waals surface area contributed by atoms with E-state index in [0.717, 1.165) is 56.1 Å². The fourth-order valence-corrected chi connectivity index (χ4v) is 7.26. The molecule has 1 aromatic rings. The number of amides is 1. The molecule has 0 bridgehead atoms. The molecule has 0 aromatic heterocycles. The summed E-state index contributed by atoms with van der Waals surface area (Å²) in [6, 6.07) is 2.25. The molecule has 1 aromatic carbocycles. The van der Waals surface area contributed by atoms with Crippen LogP contribution in [0.1, 0.15) is 80.5 Å². The lowest BCUT2D eigenvalue weighted by Crippen LogP contribution is -2.44. The minimum absolute atomic E-state index is 0.0382. The van der Waals surface area contributed by atoms with Gasteiger partial charge in [0, 0.05) is 11.8 Å². The van der Waals surface area contributed by atoms with Gasteiger partial charge in [-0.2, -0.15) is 0 Å². The van der Waals surface area contributed by atoms with Crippen molar-refractivity contribution in [3.8, 4) is 5.75 Å². The quantitative estimate of drug-likeness (QED) is 0.693. The highest BCUT2D eigenvalue weighted by atomic mass is 16.6. The van der Waals surface area contributed by atoms with Gasteiger partial charge in [0.2, 0.25) is 5.91 Å². The van der Waals surface area contributed by atoms with E-state index in [4.69, 9.17) is 10.6 Å². The predicted octanol–water partition coefficient (Wildman–Crippen LogP) is 4.61. The molecule has 5 heteroatoms. The average Bonchev–Trinajstić information content (AvgIpc) is 2.99. The highest BCUT2D eigenvalue weighted by Gasteiger charge is 2.57. The number of aryl methyl sites for hydroxylation is 1. The summed E-state index contributed by atoms with van der Waals surface area (Å²) in [5.41, 5.74) is 11.7. The SMILES string of the molecule is CCc1c(O)c(C)cc2c1CCC1C2CCC2(C)/C(=N/OC)CC(CCC(N)=O)C12. The molecule has 5 nitrogen and oxygen atoms in total. The molecule has 3 N–H and O–H groups in total. The second-order valence-corrected chi connectivity index (χ2v) is 9.92. The summed E-state index contributed by atoms with van der Waals surface area (Å²) < 4.78 is 0. The van der Waals surface area contributed by atoms with Gasteiger partial charge in [-0.1, -0.05) is 25.1 Å². The zero-order valence-electron chi connectivity index (χ0n) is 18.8. The predicted molar refractivity (Wildman–Crippen MR) is 119 cm³/mol. The van der Waals surface area contributed by atoms with Crippen molar-refractivity contribution in [2.24, 2.45) is 34.1 Å². The lowest BCUT2D eigenvalue weighted by Gasteiger charge is -2.50.